The highest BCUT2D eigenvalue weighted by Gasteiger charge is 2.33. The van der Waals surface area contributed by atoms with Crippen LogP contribution >= 0.6 is 0 Å². The monoisotopic (exact) mass is 255 g/mol. The molecule has 0 spiro atoms. The van der Waals surface area contributed by atoms with Gasteiger partial charge in [0.15, 0.2) is 0 Å². The number of para-hydroxylation sites is 1. The molecule has 0 radical (unpaired) electrons. The normalized spacial score (nSPS) is 18.3. The van der Waals surface area contributed by atoms with Crippen LogP contribution in [0, 0.1) is 0 Å². The summed E-state index contributed by atoms with van der Waals surface area (Å²) in [4.78, 5) is 6.26. The van der Waals surface area contributed by atoms with E-state index in [1.54, 1.807) is 5.56 Å². The number of nitrogens with zero attached hydrogens (tertiary/aromatic N) is 1. The minimum Gasteiger partial charge on any atom is -0.358 e. The van der Waals surface area contributed by atoms with E-state index in [4.69, 9.17) is 0 Å². The highest BCUT2D eigenvalue weighted by atomic mass is 15.2. The Hall–Kier alpha value is -1.48. The summed E-state index contributed by atoms with van der Waals surface area (Å²) in [7, 11) is 2.02. The van der Waals surface area contributed by atoms with Crippen molar-refractivity contribution in [3.05, 3.63) is 29.3 Å². The number of piperidine rings is 1. The van der Waals surface area contributed by atoms with Crippen molar-refractivity contribution < 1.29 is 0 Å². The van der Waals surface area contributed by atoms with Crippen LogP contribution in [0.4, 0.5) is 5.82 Å². The number of nitrogens with one attached hydrogen (secondary N) is 2. The lowest BCUT2D eigenvalue weighted by Gasteiger charge is -2.40. The van der Waals surface area contributed by atoms with Gasteiger partial charge in [-0.25, -0.2) is 0 Å². The van der Waals surface area contributed by atoms with Gasteiger partial charge in [0.2, 0.25) is 0 Å². The predicted octanol–water partition coefficient (Wildman–Crippen LogP) is 2.63. The fraction of sp³-hybridized carbons (Fsp3) is 0.500. The third-order valence-corrected chi connectivity index (χ3v) is 4.80. The maximum atomic E-state index is 3.72. The molecule has 5 rings (SSSR count). The lowest BCUT2D eigenvalue weighted by atomic mass is 9.84. The van der Waals surface area contributed by atoms with E-state index in [1.807, 2.05) is 7.05 Å². The van der Waals surface area contributed by atoms with Gasteiger partial charge >= 0.3 is 0 Å². The quantitative estimate of drug-likeness (QED) is 0.883. The van der Waals surface area contributed by atoms with Crippen molar-refractivity contribution >= 4 is 16.7 Å². The molecule has 3 aliphatic rings. The Morgan fingerprint density at radius 2 is 2.16 bits per heavy atom. The molecular weight excluding hydrogens is 234 g/mol. The van der Waals surface area contributed by atoms with Crippen LogP contribution in [0.15, 0.2) is 18.2 Å². The zero-order valence-corrected chi connectivity index (χ0v) is 11.5. The molecule has 3 aliphatic heterocycles. The first-order valence-corrected chi connectivity index (χ1v) is 7.41. The SMILES string of the molecule is CNCCc1cccc2c3c([nH]c12)N1CCC3CC1. The minimum absolute atomic E-state index is 0.785. The average Bonchev–Trinajstić information content (AvgIpc) is 2.88. The number of aromatic amines is 1. The van der Waals surface area contributed by atoms with Crippen molar-refractivity contribution in [3.8, 4) is 0 Å². The fourth-order valence-corrected chi connectivity index (χ4v) is 3.81. The summed E-state index contributed by atoms with van der Waals surface area (Å²) in [6, 6.07) is 6.79. The second kappa shape index (κ2) is 4.27. The Bertz CT molecular complexity index is 606. The van der Waals surface area contributed by atoms with E-state index in [0.717, 1.165) is 18.9 Å². The number of rotatable bonds is 3. The van der Waals surface area contributed by atoms with Crippen LogP contribution in [0.5, 0.6) is 0 Å². The molecule has 3 heteroatoms. The number of hydrogen-bond donors (Lipinski definition) is 2. The van der Waals surface area contributed by atoms with Gasteiger partial charge in [-0.1, -0.05) is 18.2 Å². The van der Waals surface area contributed by atoms with Gasteiger partial charge in [-0.05, 0) is 44.3 Å². The first kappa shape index (κ1) is 11.4. The maximum Gasteiger partial charge on any atom is 0.110 e. The second-order valence-electron chi connectivity index (χ2n) is 5.84. The Balaban J connectivity index is 1.88. The Morgan fingerprint density at radius 1 is 1.32 bits per heavy atom. The molecule has 0 aliphatic carbocycles. The molecule has 2 aromatic rings. The van der Waals surface area contributed by atoms with Gasteiger partial charge in [0.25, 0.3) is 0 Å². The van der Waals surface area contributed by atoms with Gasteiger partial charge in [0.05, 0.1) is 5.52 Å². The summed E-state index contributed by atoms with van der Waals surface area (Å²) < 4.78 is 0. The number of likely N-dealkylation sites (N-methyl/N-ethyl adjacent to an activating group) is 1. The molecule has 2 bridgehead atoms. The molecule has 1 aromatic heterocycles. The Morgan fingerprint density at radius 3 is 2.95 bits per heavy atom. The highest BCUT2D eigenvalue weighted by Crippen LogP contribution is 2.46. The van der Waals surface area contributed by atoms with Gasteiger partial charge in [0, 0.05) is 24.0 Å². The molecule has 100 valence electrons. The van der Waals surface area contributed by atoms with Gasteiger partial charge in [-0.2, -0.15) is 0 Å². The molecule has 3 nitrogen and oxygen atoms in total. The van der Waals surface area contributed by atoms with Gasteiger partial charge in [0.1, 0.15) is 5.82 Å². The summed E-state index contributed by atoms with van der Waals surface area (Å²) >= 11 is 0. The van der Waals surface area contributed by atoms with Crippen molar-refractivity contribution in [1.82, 2.24) is 10.3 Å². The van der Waals surface area contributed by atoms with E-state index in [9.17, 15) is 0 Å². The molecular formula is C16H21N3. The molecule has 1 fully saturated rings. The standard InChI is InChI=1S/C16H21N3/c1-17-8-5-12-3-2-4-13-14-11-6-9-19(10-7-11)16(14)18-15(12)13/h2-4,11,17-18H,5-10H2,1H3. The first-order valence-electron chi connectivity index (χ1n) is 7.41. The maximum absolute atomic E-state index is 3.72. The average molecular weight is 255 g/mol. The molecule has 0 atom stereocenters. The predicted molar refractivity (Wildman–Crippen MR) is 80.1 cm³/mol. The zero-order valence-electron chi connectivity index (χ0n) is 11.5. The summed E-state index contributed by atoms with van der Waals surface area (Å²) in [5.74, 6) is 2.20. The molecule has 1 aromatic carbocycles. The lowest BCUT2D eigenvalue weighted by Crippen LogP contribution is -2.38. The van der Waals surface area contributed by atoms with Gasteiger partial charge < -0.3 is 15.2 Å². The smallest absolute Gasteiger partial charge is 0.110 e. The van der Waals surface area contributed by atoms with E-state index in [0.29, 0.717) is 0 Å². The number of hydrogen-bond acceptors (Lipinski definition) is 2. The highest BCUT2D eigenvalue weighted by molar-refractivity contribution is 5.92. The first-order chi connectivity index (χ1) is 9.38. The summed E-state index contributed by atoms with van der Waals surface area (Å²) in [5.41, 5.74) is 4.42. The van der Waals surface area contributed by atoms with Crippen LogP contribution in [0.3, 0.4) is 0 Å². The van der Waals surface area contributed by atoms with E-state index < -0.39 is 0 Å². The number of benzene rings is 1. The van der Waals surface area contributed by atoms with Crippen LogP contribution in [-0.4, -0.2) is 31.7 Å². The van der Waals surface area contributed by atoms with Crippen LogP contribution in [-0.2, 0) is 6.42 Å². The van der Waals surface area contributed by atoms with Crippen molar-refractivity contribution in [3.63, 3.8) is 0 Å². The van der Waals surface area contributed by atoms with E-state index in [1.165, 1.54) is 48.2 Å². The minimum atomic E-state index is 0.785. The number of aromatic nitrogens is 1. The molecule has 19 heavy (non-hydrogen) atoms. The second-order valence-corrected chi connectivity index (χ2v) is 5.84. The topological polar surface area (TPSA) is 31.1 Å². The fourth-order valence-electron chi connectivity index (χ4n) is 3.81. The van der Waals surface area contributed by atoms with Crippen LogP contribution in [0.2, 0.25) is 0 Å². The van der Waals surface area contributed by atoms with Gasteiger partial charge in [-0.15, -0.1) is 0 Å². The molecule has 4 heterocycles. The Kier molecular flexibility index (Phi) is 2.55. The summed E-state index contributed by atoms with van der Waals surface area (Å²) in [6.45, 7) is 3.50. The molecule has 0 amide bonds. The number of H-pyrrole nitrogens is 1. The van der Waals surface area contributed by atoms with Crippen molar-refractivity contribution in [2.75, 3.05) is 31.6 Å². The Labute approximate surface area is 114 Å². The van der Waals surface area contributed by atoms with Crippen LogP contribution < -0.4 is 10.2 Å². The summed E-state index contributed by atoms with van der Waals surface area (Å²) in [6.07, 6.45) is 3.76. The molecule has 1 saturated heterocycles. The molecule has 0 unspecified atom stereocenters. The van der Waals surface area contributed by atoms with Crippen LogP contribution in [0.1, 0.15) is 29.9 Å². The molecule has 2 N–H and O–H groups in total. The van der Waals surface area contributed by atoms with Crippen LogP contribution in [0.25, 0.3) is 10.9 Å². The third kappa shape index (κ3) is 1.61. The van der Waals surface area contributed by atoms with E-state index in [2.05, 4.69) is 33.4 Å². The number of anilines is 1. The van der Waals surface area contributed by atoms with Gasteiger partial charge in [-0.3, -0.25) is 0 Å². The molecule has 0 saturated carbocycles. The summed E-state index contributed by atoms with van der Waals surface area (Å²) in [5, 5.41) is 4.72. The van der Waals surface area contributed by atoms with Crippen molar-refractivity contribution in [2.24, 2.45) is 0 Å². The third-order valence-electron chi connectivity index (χ3n) is 4.80. The zero-order chi connectivity index (χ0) is 12.8. The number of fused-ring (bicyclic) bond motifs is 3. The van der Waals surface area contributed by atoms with E-state index in [-0.39, 0.29) is 0 Å². The van der Waals surface area contributed by atoms with Crippen molar-refractivity contribution in [1.29, 1.82) is 0 Å². The van der Waals surface area contributed by atoms with E-state index >= 15 is 0 Å². The lowest BCUT2D eigenvalue weighted by molar-refractivity contribution is 0.475. The largest absolute Gasteiger partial charge is 0.358 e. The van der Waals surface area contributed by atoms with Crippen molar-refractivity contribution in [2.45, 2.75) is 25.2 Å².